The molecule has 3 rings (SSSR count). The molecule has 0 saturated carbocycles. The number of esters is 1. The fourth-order valence-corrected chi connectivity index (χ4v) is 2.79. The zero-order chi connectivity index (χ0) is 24.5. The van der Waals surface area contributed by atoms with Gasteiger partial charge in [-0.25, -0.2) is 10.2 Å². The highest BCUT2D eigenvalue weighted by molar-refractivity contribution is 5.92. The van der Waals surface area contributed by atoms with E-state index in [0.29, 0.717) is 11.3 Å². The van der Waals surface area contributed by atoms with Gasteiger partial charge in [-0.1, -0.05) is 12.1 Å². The molecule has 174 valence electrons. The molecular formula is C24H21N3O7. The molecule has 0 saturated heterocycles. The number of benzene rings is 3. The van der Waals surface area contributed by atoms with Crippen LogP contribution in [0.4, 0.5) is 5.69 Å². The molecule has 0 fully saturated rings. The minimum atomic E-state index is -0.699. The van der Waals surface area contributed by atoms with Gasteiger partial charge in [-0.15, -0.1) is 0 Å². The quantitative estimate of drug-likeness (QED) is 0.169. The molecule has 34 heavy (non-hydrogen) atoms. The van der Waals surface area contributed by atoms with Crippen LogP contribution in [-0.4, -0.2) is 36.7 Å². The Balaban J connectivity index is 1.57. The molecule has 0 spiro atoms. The monoisotopic (exact) mass is 463 g/mol. The van der Waals surface area contributed by atoms with Crippen molar-refractivity contribution >= 4 is 23.8 Å². The summed E-state index contributed by atoms with van der Waals surface area (Å²) < 4.78 is 16.0. The van der Waals surface area contributed by atoms with Crippen molar-refractivity contribution in [2.24, 2.45) is 5.10 Å². The van der Waals surface area contributed by atoms with Gasteiger partial charge in [0, 0.05) is 12.1 Å². The van der Waals surface area contributed by atoms with Crippen LogP contribution in [0.5, 0.6) is 17.2 Å². The zero-order valence-electron chi connectivity index (χ0n) is 18.4. The molecule has 0 bridgehead atoms. The fourth-order valence-electron chi connectivity index (χ4n) is 2.79. The van der Waals surface area contributed by atoms with E-state index in [-0.39, 0.29) is 29.4 Å². The fraction of sp³-hybridized carbons (Fsp3) is 0.125. The Morgan fingerprint density at radius 1 is 1.06 bits per heavy atom. The summed E-state index contributed by atoms with van der Waals surface area (Å²) in [6, 6.07) is 17.1. The standard InChI is InChI=1S/C24H21N3O7/c1-16-4-3-5-20(12-16)33-15-23(28)26-25-14-17-6-11-21(22(13-17)32-2)34-24(29)18-7-9-19(10-8-18)27(30)31/h3-14H,15H2,1-2H3,(H,26,28). The van der Waals surface area contributed by atoms with E-state index in [1.165, 1.54) is 43.7 Å². The number of hydrogen-bond donors (Lipinski definition) is 1. The number of non-ortho nitro benzene ring substituents is 1. The van der Waals surface area contributed by atoms with E-state index in [1.807, 2.05) is 25.1 Å². The number of nitro benzene ring substituents is 1. The number of ether oxygens (including phenoxy) is 3. The Morgan fingerprint density at radius 3 is 2.50 bits per heavy atom. The summed E-state index contributed by atoms with van der Waals surface area (Å²) in [6.07, 6.45) is 1.40. The second-order valence-corrected chi connectivity index (χ2v) is 7.00. The van der Waals surface area contributed by atoms with Crippen molar-refractivity contribution in [1.82, 2.24) is 5.43 Å². The average molecular weight is 463 g/mol. The third kappa shape index (κ3) is 6.63. The smallest absolute Gasteiger partial charge is 0.343 e. The lowest BCUT2D eigenvalue weighted by Gasteiger charge is -2.10. The lowest BCUT2D eigenvalue weighted by atomic mass is 10.2. The van der Waals surface area contributed by atoms with Crippen molar-refractivity contribution in [2.45, 2.75) is 6.92 Å². The Labute approximate surface area is 194 Å². The summed E-state index contributed by atoms with van der Waals surface area (Å²) in [5.74, 6) is -0.136. The zero-order valence-corrected chi connectivity index (χ0v) is 18.4. The molecule has 10 heteroatoms. The average Bonchev–Trinajstić information content (AvgIpc) is 2.83. The maximum Gasteiger partial charge on any atom is 0.343 e. The summed E-state index contributed by atoms with van der Waals surface area (Å²) in [7, 11) is 1.41. The number of carbonyl (C=O) groups excluding carboxylic acids is 2. The molecule has 0 aliphatic heterocycles. The number of nitrogens with zero attached hydrogens (tertiary/aromatic N) is 2. The van der Waals surface area contributed by atoms with Crippen LogP contribution >= 0.6 is 0 Å². The highest BCUT2D eigenvalue weighted by Gasteiger charge is 2.14. The van der Waals surface area contributed by atoms with E-state index in [4.69, 9.17) is 14.2 Å². The van der Waals surface area contributed by atoms with Gasteiger partial charge in [0.25, 0.3) is 11.6 Å². The van der Waals surface area contributed by atoms with Gasteiger partial charge in [0.1, 0.15) is 5.75 Å². The van der Waals surface area contributed by atoms with Crippen LogP contribution in [0, 0.1) is 17.0 Å². The number of hydrogen-bond acceptors (Lipinski definition) is 8. The van der Waals surface area contributed by atoms with Crippen LogP contribution in [0.3, 0.4) is 0 Å². The van der Waals surface area contributed by atoms with E-state index < -0.39 is 16.8 Å². The van der Waals surface area contributed by atoms with Crippen LogP contribution in [0.2, 0.25) is 0 Å². The van der Waals surface area contributed by atoms with Crippen molar-refractivity contribution in [2.75, 3.05) is 13.7 Å². The number of carbonyl (C=O) groups is 2. The lowest BCUT2D eigenvalue weighted by molar-refractivity contribution is -0.384. The van der Waals surface area contributed by atoms with Gasteiger partial charge in [-0.2, -0.15) is 5.10 Å². The molecule has 0 aliphatic rings. The topological polar surface area (TPSA) is 129 Å². The number of methoxy groups -OCH3 is 1. The van der Waals surface area contributed by atoms with Gasteiger partial charge in [-0.05, 0) is 60.5 Å². The minimum Gasteiger partial charge on any atom is -0.493 e. The van der Waals surface area contributed by atoms with E-state index in [1.54, 1.807) is 18.2 Å². The van der Waals surface area contributed by atoms with Crippen molar-refractivity contribution in [3.63, 3.8) is 0 Å². The molecular weight excluding hydrogens is 442 g/mol. The first-order valence-corrected chi connectivity index (χ1v) is 10.0. The van der Waals surface area contributed by atoms with Crippen LogP contribution < -0.4 is 19.6 Å². The van der Waals surface area contributed by atoms with Gasteiger partial charge in [0.05, 0.1) is 23.8 Å². The first-order chi connectivity index (χ1) is 16.4. The Morgan fingerprint density at radius 2 is 1.82 bits per heavy atom. The van der Waals surface area contributed by atoms with Gasteiger partial charge < -0.3 is 14.2 Å². The van der Waals surface area contributed by atoms with Gasteiger partial charge in [-0.3, -0.25) is 14.9 Å². The van der Waals surface area contributed by atoms with Crippen LogP contribution in [0.15, 0.2) is 71.8 Å². The van der Waals surface area contributed by atoms with E-state index in [2.05, 4.69) is 10.5 Å². The van der Waals surface area contributed by atoms with Gasteiger partial charge in [0.2, 0.25) is 0 Å². The predicted octanol–water partition coefficient (Wildman–Crippen LogP) is 3.66. The molecule has 0 atom stereocenters. The van der Waals surface area contributed by atoms with Crippen LogP contribution in [-0.2, 0) is 4.79 Å². The summed E-state index contributed by atoms with van der Waals surface area (Å²) in [5.41, 5.74) is 3.98. The second-order valence-electron chi connectivity index (χ2n) is 7.00. The highest BCUT2D eigenvalue weighted by Crippen LogP contribution is 2.28. The van der Waals surface area contributed by atoms with Crippen molar-refractivity contribution < 1.29 is 28.7 Å². The van der Waals surface area contributed by atoms with Crippen LogP contribution in [0.1, 0.15) is 21.5 Å². The third-order valence-corrected chi connectivity index (χ3v) is 4.47. The molecule has 0 aromatic heterocycles. The van der Waals surface area contributed by atoms with E-state index in [0.717, 1.165) is 5.56 Å². The molecule has 0 aliphatic carbocycles. The van der Waals surface area contributed by atoms with Crippen molar-refractivity contribution in [3.05, 3.63) is 93.5 Å². The molecule has 3 aromatic rings. The number of nitrogens with one attached hydrogen (secondary N) is 1. The van der Waals surface area contributed by atoms with Crippen LogP contribution in [0.25, 0.3) is 0 Å². The molecule has 1 amide bonds. The Hall–Kier alpha value is -4.73. The number of aryl methyl sites for hydroxylation is 1. The second kappa shape index (κ2) is 11.2. The Bertz CT molecular complexity index is 1220. The third-order valence-electron chi connectivity index (χ3n) is 4.47. The summed E-state index contributed by atoms with van der Waals surface area (Å²) in [6.45, 7) is 1.73. The van der Waals surface area contributed by atoms with Gasteiger partial charge in [0.15, 0.2) is 18.1 Å². The normalized spacial score (nSPS) is 10.5. The maximum absolute atomic E-state index is 12.3. The van der Waals surface area contributed by atoms with Gasteiger partial charge >= 0.3 is 5.97 Å². The molecule has 0 radical (unpaired) electrons. The SMILES string of the molecule is COc1cc(C=NNC(=O)COc2cccc(C)c2)ccc1OC(=O)c1ccc([N+](=O)[O-])cc1. The Kier molecular flexibility index (Phi) is 7.90. The summed E-state index contributed by atoms with van der Waals surface area (Å²) in [5, 5.41) is 14.6. The maximum atomic E-state index is 12.3. The molecule has 1 N–H and O–H groups in total. The number of rotatable bonds is 9. The minimum absolute atomic E-state index is 0.133. The van der Waals surface area contributed by atoms with E-state index in [9.17, 15) is 19.7 Å². The van der Waals surface area contributed by atoms with E-state index >= 15 is 0 Å². The number of amides is 1. The molecule has 0 unspecified atom stereocenters. The lowest BCUT2D eigenvalue weighted by Crippen LogP contribution is -2.24. The van der Waals surface area contributed by atoms with Crippen molar-refractivity contribution in [1.29, 1.82) is 0 Å². The number of hydrazone groups is 1. The number of nitro groups is 1. The molecule has 10 nitrogen and oxygen atoms in total. The first-order valence-electron chi connectivity index (χ1n) is 10.0. The largest absolute Gasteiger partial charge is 0.493 e. The summed E-state index contributed by atoms with van der Waals surface area (Å²) >= 11 is 0. The first kappa shape index (κ1) is 23.9. The molecule has 0 heterocycles. The highest BCUT2D eigenvalue weighted by atomic mass is 16.6. The predicted molar refractivity (Wildman–Crippen MR) is 123 cm³/mol. The summed E-state index contributed by atoms with van der Waals surface area (Å²) in [4.78, 5) is 34.4. The van der Waals surface area contributed by atoms with Crippen molar-refractivity contribution in [3.8, 4) is 17.2 Å². The molecule has 3 aromatic carbocycles.